The Hall–Kier alpha value is -2.41. The molecule has 0 spiro atoms. The van der Waals surface area contributed by atoms with Crippen LogP contribution in [0.15, 0.2) is 30.3 Å². The molecule has 21 heavy (non-hydrogen) atoms. The number of carboxylic acids is 2. The molecule has 7 nitrogen and oxygen atoms in total. The lowest BCUT2D eigenvalue weighted by Crippen LogP contribution is -2.49. The largest absolute Gasteiger partial charge is 0.481 e. The van der Waals surface area contributed by atoms with Crippen molar-refractivity contribution in [1.29, 1.82) is 0 Å². The zero-order chi connectivity index (χ0) is 15.8. The zero-order valence-corrected chi connectivity index (χ0v) is 11.4. The third-order valence-electron chi connectivity index (χ3n) is 2.90. The second kappa shape index (κ2) is 8.01. The Labute approximate surface area is 121 Å². The molecule has 0 fully saturated rings. The molecule has 0 saturated heterocycles. The van der Waals surface area contributed by atoms with Crippen molar-refractivity contribution in [2.75, 3.05) is 0 Å². The summed E-state index contributed by atoms with van der Waals surface area (Å²) in [5, 5.41) is 20.0. The second-order valence-corrected chi connectivity index (χ2v) is 4.63. The predicted octanol–water partition coefficient (Wildman–Crippen LogP) is -0.00940. The van der Waals surface area contributed by atoms with Gasteiger partial charge in [0.05, 0.1) is 6.04 Å². The average Bonchev–Trinajstić information content (AvgIpc) is 2.44. The van der Waals surface area contributed by atoms with Gasteiger partial charge >= 0.3 is 11.9 Å². The lowest BCUT2D eigenvalue weighted by Gasteiger charge is -2.17. The van der Waals surface area contributed by atoms with Crippen molar-refractivity contribution in [3.8, 4) is 0 Å². The highest BCUT2D eigenvalue weighted by molar-refractivity contribution is 5.87. The number of nitrogens with two attached hydrogens (primary N) is 1. The summed E-state index contributed by atoms with van der Waals surface area (Å²) in [6.45, 7) is 0. The summed E-state index contributed by atoms with van der Waals surface area (Å²) in [5.74, 6) is -2.89. The first-order valence-electron chi connectivity index (χ1n) is 6.44. The number of hydrogen-bond donors (Lipinski definition) is 4. The summed E-state index contributed by atoms with van der Waals surface area (Å²) in [7, 11) is 0. The van der Waals surface area contributed by atoms with E-state index in [2.05, 4.69) is 5.32 Å². The molecule has 1 rings (SSSR count). The van der Waals surface area contributed by atoms with Crippen molar-refractivity contribution >= 4 is 17.8 Å². The second-order valence-electron chi connectivity index (χ2n) is 4.63. The third kappa shape index (κ3) is 6.05. The SMILES string of the molecule is NC(CCC(=O)O)C(=O)N[C@H](Cc1ccccc1)C(=O)O. The van der Waals surface area contributed by atoms with Crippen LogP contribution in [0.2, 0.25) is 0 Å². The van der Waals surface area contributed by atoms with Crippen molar-refractivity contribution in [3.63, 3.8) is 0 Å². The number of carbonyl (C=O) groups excluding carboxylic acids is 1. The van der Waals surface area contributed by atoms with Gasteiger partial charge in [0.2, 0.25) is 5.91 Å². The number of carbonyl (C=O) groups is 3. The van der Waals surface area contributed by atoms with Gasteiger partial charge in [-0.25, -0.2) is 4.79 Å². The molecule has 0 heterocycles. The van der Waals surface area contributed by atoms with Gasteiger partial charge in [-0.1, -0.05) is 30.3 Å². The predicted molar refractivity (Wildman–Crippen MR) is 74.6 cm³/mol. The first-order chi connectivity index (χ1) is 9.90. The maximum absolute atomic E-state index is 11.8. The summed E-state index contributed by atoms with van der Waals surface area (Å²) in [5.41, 5.74) is 6.31. The molecular formula is C14H18N2O5. The number of aliphatic carboxylic acids is 2. The molecule has 1 amide bonds. The van der Waals surface area contributed by atoms with Crippen LogP contribution in [-0.2, 0) is 20.8 Å². The molecule has 0 aliphatic heterocycles. The molecule has 7 heteroatoms. The highest BCUT2D eigenvalue weighted by atomic mass is 16.4. The molecule has 5 N–H and O–H groups in total. The highest BCUT2D eigenvalue weighted by Crippen LogP contribution is 2.04. The van der Waals surface area contributed by atoms with Crippen molar-refractivity contribution in [1.82, 2.24) is 5.32 Å². The fraction of sp³-hybridized carbons (Fsp3) is 0.357. The molecule has 1 aromatic carbocycles. The van der Waals surface area contributed by atoms with Gasteiger partial charge in [0.1, 0.15) is 6.04 Å². The van der Waals surface area contributed by atoms with Crippen LogP contribution in [0.4, 0.5) is 0 Å². The van der Waals surface area contributed by atoms with Gasteiger partial charge in [-0.2, -0.15) is 0 Å². The molecule has 0 bridgehead atoms. The number of benzene rings is 1. The van der Waals surface area contributed by atoms with Crippen molar-refractivity contribution < 1.29 is 24.6 Å². The van der Waals surface area contributed by atoms with Gasteiger partial charge in [-0.15, -0.1) is 0 Å². The van der Waals surface area contributed by atoms with Crippen molar-refractivity contribution in [3.05, 3.63) is 35.9 Å². The Bertz CT molecular complexity index is 503. The van der Waals surface area contributed by atoms with Crippen LogP contribution in [0.5, 0.6) is 0 Å². The standard InChI is InChI=1S/C14H18N2O5/c15-10(6-7-12(17)18)13(19)16-11(14(20)21)8-9-4-2-1-3-5-9/h1-5,10-11H,6-8,15H2,(H,16,19)(H,17,18)(H,20,21)/t10?,11-/m1/s1. The van der Waals surface area contributed by atoms with Crippen molar-refractivity contribution in [2.45, 2.75) is 31.3 Å². The molecule has 0 aliphatic rings. The molecule has 1 unspecified atom stereocenters. The van der Waals surface area contributed by atoms with Crippen LogP contribution < -0.4 is 11.1 Å². The van der Waals surface area contributed by atoms with E-state index in [0.29, 0.717) is 0 Å². The molecule has 114 valence electrons. The van der Waals surface area contributed by atoms with E-state index < -0.39 is 29.9 Å². The van der Waals surface area contributed by atoms with E-state index in [9.17, 15) is 14.4 Å². The summed E-state index contributed by atoms with van der Waals surface area (Å²) >= 11 is 0. The van der Waals surface area contributed by atoms with Gasteiger partial charge in [-0.05, 0) is 12.0 Å². The van der Waals surface area contributed by atoms with Gasteiger partial charge in [0, 0.05) is 12.8 Å². The molecule has 2 atom stereocenters. The van der Waals surface area contributed by atoms with E-state index in [1.807, 2.05) is 0 Å². The number of carboxylic acid groups (broad SMARTS) is 2. The number of amides is 1. The van der Waals surface area contributed by atoms with E-state index in [4.69, 9.17) is 15.9 Å². The molecule has 0 radical (unpaired) electrons. The third-order valence-corrected chi connectivity index (χ3v) is 2.90. The highest BCUT2D eigenvalue weighted by Gasteiger charge is 2.23. The lowest BCUT2D eigenvalue weighted by atomic mass is 10.0. The number of rotatable bonds is 8. The van der Waals surface area contributed by atoms with Crippen LogP contribution in [-0.4, -0.2) is 40.1 Å². The van der Waals surface area contributed by atoms with Crippen LogP contribution in [0, 0.1) is 0 Å². The maximum Gasteiger partial charge on any atom is 0.326 e. The average molecular weight is 294 g/mol. The summed E-state index contributed by atoms with van der Waals surface area (Å²) in [6.07, 6.45) is -0.155. The van der Waals surface area contributed by atoms with E-state index in [-0.39, 0.29) is 19.3 Å². The van der Waals surface area contributed by atoms with E-state index >= 15 is 0 Å². The summed E-state index contributed by atoms with van der Waals surface area (Å²) in [6, 6.07) is 6.72. The zero-order valence-electron chi connectivity index (χ0n) is 11.4. The number of nitrogens with one attached hydrogen (secondary N) is 1. The van der Waals surface area contributed by atoms with Gasteiger partial charge in [0.25, 0.3) is 0 Å². The topological polar surface area (TPSA) is 130 Å². The van der Waals surface area contributed by atoms with Crippen LogP contribution in [0.25, 0.3) is 0 Å². The Morgan fingerprint density at radius 1 is 1.14 bits per heavy atom. The smallest absolute Gasteiger partial charge is 0.326 e. The normalized spacial score (nSPS) is 13.2. The summed E-state index contributed by atoms with van der Waals surface area (Å²) in [4.78, 5) is 33.4. The fourth-order valence-electron chi connectivity index (χ4n) is 1.74. The van der Waals surface area contributed by atoms with Gasteiger partial charge in [0.15, 0.2) is 0 Å². The molecule has 0 saturated carbocycles. The van der Waals surface area contributed by atoms with E-state index in [0.717, 1.165) is 5.56 Å². The minimum absolute atomic E-state index is 0.0428. The molecular weight excluding hydrogens is 276 g/mol. The molecule has 0 aromatic heterocycles. The maximum atomic E-state index is 11.8. The van der Waals surface area contributed by atoms with Crippen LogP contribution in [0.1, 0.15) is 18.4 Å². The monoisotopic (exact) mass is 294 g/mol. The Kier molecular flexibility index (Phi) is 6.35. The minimum Gasteiger partial charge on any atom is -0.481 e. The molecule has 0 aliphatic carbocycles. The Morgan fingerprint density at radius 2 is 1.76 bits per heavy atom. The van der Waals surface area contributed by atoms with Crippen molar-refractivity contribution in [2.24, 2.45) is 5.73 Å². The van der Waals surface area contributed by atoms with E-state index in [1.54, 1.807) is 30.3 Å². The van der Waals surface area contributed by atoms with Gasteiger partial charge < -0.3 is 21.3 Å². The quantitative estimate of drug-likeness (QED) is 0.533. The first-order valence-corrected chi connectivity index (χ1v) is 6.44. The van der Waals surface area contributed by atoms with E-state index in [1.165, 1.54) is 0 Å². The summed E-state index contributed by atoms with van der Waals surface area (Å²) < 4.78 is 0. The van der Waals surface area contributed by atoms with Crippen LogP contribution >= 0.6 is 0 Å². The Balaban J connectivity index is 2.60. The van der Waals surface area contributed by atoms with Crippen LogP contribution in [0.3, 0.4) is 0 Å². The Morgan fingerprint density at radius 3 is 2.29 bits per heavy atom. The first kappa shape index (κ1) is 16.6. The molecule has 1 aromatic rings. The fourth-order valence-corrected chi connectivity index (χ4v) is 1.74. The number of hydrogen-bond acceptors (Lipinski definition) is 4. The van der Waals surface area contributed by atoms with Gasteiger partial charge in [-0.3, -0.25) is 9.59 Å². The minimum atomic E-state index is -1.17. The lowest BCUT2D eigenvalue weighted by molar-refractivity contribution is -0.142.